The van der Waals surface area contributed by atoms with Gasteiger partial charge in [0.15, 0.2) is 5.96 Å². The monoisotopic (exact) mass is 553 g/mol. The highest BCUT2D eigenvalue weighted by Gasteiger charge is 2.25. The molecule has 6 nitrogen and oxygen atoms in total. The molecule has 2 aliphatic rings. The van der Waals surface area contributed by atoms with Crippen molar-refractivity contribution in [3.63, 3.8) is 0 Å². The summed E-state index contributed by atoms with van der Waals surface area (Å²) < 4.78 is 0. The van der Waals surface area contributed by atoms with Crippen molar-refractivity contribution in [2.45, 2.75) is 38.4 Å². The molecule has 3 heterocycles. The SMILES string of the molecule is CN=C(NCC(=O)N1CCc2sccc2C1)NCC1CCCN1Cc1ccccc1.I. The normalized spacial score (nSPS) is 18.9. The summed E-state index contributed by atoms with van der Waals surface area (Å²) in [7, 11) is 1.76. The first-order valence-corrected chi connectivity index (χ1v) is 11.7. The number of carbonyl (C=O) groups excluding carboxylic acids is 1. The van der Waals surface area contributed by atoms with Crippen LogP contribution < -0.4 is 10.6 Å². The molecule has 0 aliphatic carbocycles. The Morgan fingerprint density at radius 1 is 1.19 bits per heavy atom. The predicted molar refractivity (Wildman–Crippen MR) is 138 cm³/mol. The summed E-state index contributed by atoms with van der Waals surface area (Å²) in [5, 5.41) is 8.75. The van der Waals surface area contributed by atoms with Crippen molar-refractivity contribution >= 4 is 47.2 Å². The Labute approximate surface area is 206 Å². The molecule has 1 saturated heterocycles. The Morgan fingerprint density at radius 3 is 2.84 bits per heavy atom. The minimum absolute atomic E-state index is 0. The first-order chi connectivity index (χ1) is 14.7. The van der Waals surface area contributed by atoms with Gasteiger partial charge in [0.1, 0.15) is 0 Å². The number of nitrogens with one attached hydrogen (secondary N) is 2. The quantitative estimate of drug-likeness (QED) is 0.328. The molecule has 0 saturated carbocycles. The number of rotatable bonds is 6. The van der Waals surface area contributed by atoms with E-state index in [1.165, 1.54) is 28.8 Å². The lowest BCUT2D eigenvalue weighted by Gasteiger charge is -2.28. The molecule has 1 fully saturated rings. The number of likely N-dealkylation sites (tertiary alicyclic amines) is 1. The molecule has 1 atom stereocenters. The molecular weight excluding hydrogens is 521 g/mol. The minimum Gasteiger partial charge on any atom is -0.355 e. The van der Waals surface area contributed by atoms with E-state index in [1.807, 2.05) is 4.90 Å². The van der Waals surface area contributed by atoms with Gasteiger partial charge in [0.2, 0.25) is 5.91 Å². The maximum atomic E-state index is 12.6. The van der Waals surface area contributed by atoms with Crippen LogP contribution in [0.15, 0.2) is 46.8 Å². The molecule has 31 heavy (non-hydrogen) atoms. The minimum atomic E-state index is 0. The number of carbonyl (C=O) groups is 1. The Bertz CT molecular complexity index is 872. The van der Waals surface area contributed by atoms with Crippen LogP contribution in [0.25, 0.3) is 0 Å². The van der Waals surface area contributed by atoms with E-state index in [0.29, 0.717) is 12.0 Å². The van der Waals surface area contributed by atoms with Gasteiger partial charge in [0.05, 0.1) is 6.54 Å². The lowest BCUT2D eigenvalue weighted by Crippen LogP contribution is -2.48. The molecule has 2 aliphatic heterocycles. The van der Waals surface area contributed by atoms with Gasteiger partial charge in [-0.25, -0.2) is 0 Å². The van der Waals surface area contributed by atoms with Crippen molar-refractivity contribution in [2.24, 2.45) is 4.99 Å². The summed E-state index contributed by atoms with van der Waals surface area (Å²) in [5.74, 6) is 0.824. The number of thiophene rings is 1. The van der Waals surface area contributed by atoms with Crippen LogP contribution in [-0.2, 0) is 24.3 Å². The Balaban J connectivity index is 0.00000272. The van der Waals surface area contributed by atoms with E-state index in [4.69, 9.17) is 0 Å². The van der Waals surface area contributed by atoms with Gasteiger partial charge in [0, 0.05) is 44.1 Å². The van der Waals surface area contributed by atoms with Crippen molar-refractivity contribution in [2.75, 3.05) is 33.2 Å². The Morgan fingerprint density at radius 2 is 2.03 bits per heavy atom. The molecule has 1 aromatic heterocycles. The summed E-state index contributed by atoms with van der Waals surface area (Å²) >= 11 is 1.79. The highest BCUT2D eigenvalue weighted by Crippen LogP contribution is 2.24. The highest BCUT2D eigenvalue weighted by atomic mass is 127. The topological polar surface area (TPSA) is 60.0 Å². The van der Waals surface area contributed by atoms with E-state index in [2.05, 4.69) is 62.3 Å². The third-order valence-electron chi connectivity index (χ3n) is 6.02. The number of hydrogen-bond acceptors (Lipinski definition) is 4. The molecule has 1 aromatic carbocycles. The van der Waals surface area contributed by atoms with Gasteiger partial charge in [-0.2, -0.15) is 0 Å². The molecule has 4 rings (SSSR count). The second-order valence-electron chi connectivity index (χ2n) is 7.99. The van der Waals surface area contributed by atoms with E-state index in [0.717, 1.165) is 39.1 Å². The van der Waals surface area contributed by atoms with Crippen molar-refractivity contribution < 1.29 is 4.79 Å². The van der Waals surface area contributed by atoms with Crippen LogP contribution in [0.3, 0.4) is 0 Å². The number of nitrogens with zero attached hydrogens (tertiary/aromatic N) is 3. The van der Waals surface area contributed by atoms with Crippen LogP contribution >= 0.6 is 35.3 Å². The lowest BCUT2D eigenvalue weighted by molar-refractivity contribution is -0.130. The van der Waals surface area contributed by atoms with Crippen LogP contribution in [-0.4, -0.2) is 60.9 Å². The van der Waals surface area contributed by atoms with Crippen molar-refractivity contribution in [1.82, 2.24) is 20.4 Å². The second-order valence-corrected chi connectivity index (χ2v) is 8.99. The zero-order valence-electron chi connectivity index (χ0n) is 18.0. The van der Waals surface area contributed by atoms with Crippen LogP contribution in [0.4, 0.5) is 0 Å². The van der Waals surface area contributed by atoms with Gasteiger partial charge in [-0.3, -0.25) is 14.7 Å². The molecule has 168 valence electrons. The number of benzene rings is 1. The first kappa shape index (κ1) is 24.0. The third kappa shape index (κ3) is 6.43. The summed E-state index contributed by atoms with van der Waals surface area (Å²) in [6.45, 7) is 4.75. The van der Waals surface area contributed by atoms with Crippen LogP contribution in [0.1, 0.15) is 28.8 Å². The molecule has 0 radical (unpaired) electrons. The average molecular weight is 554 g/mol. The zero-order chi connectivity index (χ0) is 20.8. The second kappa shape index (κ2) is 11.8. The predicted octanol–water partition coefficient (Wildman–Crippen LogP) is 3.08. The Hall–Kier alpha value is -1.65. The van der Waals surface area contributed by atoms with Crippen molar-refractivity contribution in [3.05, 3.63) is 57.8 Å². The van der Waals surface area contributed by atoms with Crippen molar-refractivity contribution in [1.29, 1.82) is 0 Å². The van der Waals surface area contributed by atoms with E-state index >= 15 is 0 Å². The van der Waals surface area contributed by atoms with E-state index in [-0.39, 0.29) is 36.4 Å². The van der Waals surface area contributed by atoms with Gasteiger partial charge in [-0.1, -0.05) is 30.3 Å². The van der Waals surface area contributed by atoms with Gasteiger partial charge < -0.3 is 15.5 Å². The van der Waals surface area contributed by atoms with Gasteiger partial charge in [0.25, 0.3) is 0 Å². The molecule has 1 unspecified atom stereocenters. The molecule has 0 bridgehead atoms. The van der Waals surface area contributed by atoms with E-state index in [9.17, 15) is 4.79 Å². The summed E-state index contributed by atoms with van der Waals surface area (Å²) in [4.78, 5) is 22.8. The number of amides is 1. The van der Waals surface area contributed by atoms with Crippen molar-refractivity contribution in [3.8, 4) is 0 Å². The van der Waals surface area contributed by atoms with Crippen LogP contribution in [0, 0.1) is 0 Å². The number of fused-ring (bicyclic) bond motifs is 1. The molecule has 8 heteroatoms. The van der Waals surface area contributed by atoms with Gasteiger partial charge >= 0.3 is 0 Å². The fourth-order valence-electron chi connectivity index (χ4n) is 4.32. The maximum Gasteiger partial charge on any atom is 0.242 e. The summed E-state index contributed by atoms with van der Waals surface area (Å²) in [6, 6.07) is 13.3. The summed E-state index contributed by atoms with van der Waals surface area (Å²) in [6.07, 6.45) is 3.38. The fraction of sp³-hybridized carbons (Fsp3) is 0.478. The van der Waals surface area contributed by atoms with Crippen LogP contribution in [0.5, 0.6) is 0 Å². The highest BCUT2D eigenvalue weighted by molar-refractivity contribution is 14.0. The number of halogens is 1. The zero-order valence-corrected chi connectivity index (χ0v) is 21.2. The van der Waals surface area contributed by atoms with E-state index in [1.54, 1.807) is 18.4 Å². The fourth-order valence-corrected chi connectivity index (χ4v) is 5.21. The number of guanidine groups is 1. The summed E-state index contributed by atoms with van der Waals surface area (Å²) in [5.41, 5.74) is 2.65. The first-order valence-electron chi connectivity index (χ1n) is 10.8. The molecule has 0 spiro atoms. The van der Waals surface area contributed by atoms with Gasteiger partial charge in [-0.05, 0) is 48.4 Å². The largest absolute Gasteiger partial charge is 0.355 e. The smallest absolute Gasteiger partial charge is 0.242 e. The molecule has 1 amide bonds. The number of aliphatic imine (C=N–C) groups is 1. The standard InChI is InChI=1S/C23H31N5OS.HI/c1-24-23(26-15-22(29)28-12-9-21-19(17-28)10-13-30-21)25-14-20-8-5-11-27(20)16-18-6-3-2-4-7-18;/h2-4,6-7,10,13,20H,5,8-9,11-12,14-17H2,1H3,(H2,24,25,26);1H. The average Bonchev–Trinajstić information content (AvgIpc) is 3.43. The lowest BCUT2D eigenvalue weighted by atomic mass is 10.1. The van der Waals surface area contributed by atoms with E-state index < -0.39 is 0 Å². The molecule has 2 N–H and O–H groups in total. The molecular formula is C23H32IN5OS. The molecule has 2 aromatic rings. The Kier molecular flexibility index (Phi) is 9.15. The third-order valence-corrected chi connectivity index (χ3v) is 7.05. The van der Waals surface area contributed by atoms with Gasteiger partial charge in [-0.15, -0.1) is 35.3 Å². The van der Waals surface area contributed by atoms with Crippen LogP contribution in [0.2, 0.25) is 0 Å². The maximum absolute atomic E-state index is 12.6. The number of hydrogen-bond donors (Lipinski definition) is 2.